The van der Waals surface area contributed by atoms with Gasteiger partial charge in [-0.25, -0.2) is 0 Å². The molecule has 0 spiro atoms. The van der Waals surface area contributed by atoms with Crippen LogP contribution < -0.4 is 4.90 Å². The van der Waals surface area contributed by atoms with Gasteiger partial charge in [0.05, 0.1) is 5.69 Å². The molecule has 0 atom stereocenters. The molecule has 0 aliphatic rings. The first kappa shape index (κ1) is 31.7. The molecule has 2 aromatic heterocycles. The lowest BCUT2D eigenvalue weighted by Gasteiger charge is -2.28. The quantitative estimate of drug-likeness (QED) is 0.165. The van der Waals surface area contributed by atoms with Gasteiger partial charge in [0.2, 0.25) is 0 Å². The van der Waals surface area contributed by atoms with Crippen molar-refractivity contribution in [1.82, 2.24) is 0 Å². The summed E-state index contributed by atoms with van der Waals surface area (Å²) in [4.78, 5) is 2.40. The smallest absolute Gasteiger partial charge is 0.143 e. The van der Waals surface area contributed by atoms with Crippen LogP contribution in [0.15, 0.2) is 209 Å². The molecule has 0 radical (unpaired) electrons. The lowest BCUT2D eigenvalue weighted by Crippen LogP contribution is -2.11. The zero-order valence-electron chi connectivity index (χ0n) is 30.8. The number of anilines is 3. The van der Waals surface area contributed by atoms with Gasteiger partial charge in [0.1, 0.15) is 22.3 Å². The first-order valence-corrected chi connectivity index (χ1v) is 19.4. The molecule has 0 amide bonds. The second kappa shape index (κ2) is 12.5. The SMILES string of the molecule is c1ccc(-c2cc3oc4c5ccccc5c5ccccc5c4c3cc2N(c2ccc(-c3cccc4c3oc3ccccc34)cc2)c2ccc3ccccc3c2)cc1. The highest BCUT2D eigenvalue weighted by molar-refractivity contribution is 6.30. The van der Waals surface area contributed by atoms with Gasteiger partial charge in [-0.1, -0.05) is 158 Å². The van der Waals surface area contributed by atoms with E-state index in [1.807, 2.05) is 12.1 Å². The monoisotopic (exact) mass is 727 g/mol. The molecule has 12 rings (SSSR count). The van der Waals surface area contributed by atoms with Crippen molar-refractivity contribution in [3.05, 3.63) is 200 Å². The summed E-state index contributed by atoms with van der Waals surface area (Å²) in [7, 11) is 0. The van der Waals surface area contributed by atoms with E-state index in [1.165, 1.54) is 26.9 Å². The molecular weight excluding hydrogens is 695 g/mol. The van der Waals surface area contributed by atoms with Crippen molar-refractivity contribution in [1.29, 1.82) is 0 Å². The molecule has 0 saturated heterocycles. The number of fused-ring (bicyclic) bond motifs is 12. The molecule has 2 heterocycles. The number of rotatable bonds is 5. The van der Waals surface area contributed by atoms with Gasteiger partial charge < -0.3 is 13.7 Å². The predicted molar refractivity (Wildman–Crippen MR) is 239 cm³/mol. The molecule has 10 aromatic carbocycles. The highest BCUT2D eigenvalue weighted by atomic mass is 16.3. The first-order chi connectivity index (χ1) is 28.3. The second-order valence-corrected chi connectivity index (χ2v) is 14.8. The second-order valence-electron chi connectivity index (χ2n) is 14.8. The highest BCUT2D eigenvalue weighted by Crippen LogP contribution is 2.48. The van der Waals surface area contributed by atoms with Crippen LogP contribution in [0.2, 0.25) is 0 Å². The van der Waals surface area contributed by atoms with E-state index in [4.69, 9.17) is 8.83 Å². The Morgan fingerprint density at radius 3 is 1.74 bits per heavy atom. The minimum absolute atomic E-state index is 0.863. The number of para-hydroxylation sites is 2. The van der Waals surface area contributed by atoms with Gasteiger partial charge in [-0.15, -0.1) is 0 Å². The van der Waals surface area contributed by atoms with Gasteiger partial charge in [0, 0.05) is 49.4 Å². The van der Waals surface area contributed by atoms with Crippen LogP contribution in [-0.4, -0.2) is 0 Å². The molecule has 3 nitrogen and oxygen atoms in total. The largest absolute Gasteiger partial charge is 0.455 e. The van der Waals surface area contributed by atoms with Crippen LogP contribution in [0.25, 0.3) is 98.4 Å². The number of benzene rings is 10. The average molecular weight is 728 g/mol. The third kappa shape index (κ3) is 4.92. The van der Waals surface area contributed by atoms with Crippen LogP contribution in [0.1, 0.15) is 0 Å². The van der Waals surface area contributed by atoms with E-state index in [-0.39, 0.29) is 0 Å². The summed E-state index contributed by atoms with van der Waals surface area (Å²) in [5.41, 5.74) is 11.1. The summed E-state index contributed by atoms with van der Waals surface area (Å²) < 4.78 is 13.4. The van der Waals surface area contributed by atoms with Crippen LogP contribution in [0.4, 0.5) is 17.1 Å². The Morgan fingerprint density at radius 1 is 0.316 bits per heavy atom. The molecule has 266 valence electrons. The standard InChI is InChI=1S/C54H33NO2/c1-2-14-35(15-3-1)47-33-51-48(52-44-20-8-6-17-41(44)42-18-7-9-21-45(42)54(52)57-51)32-49(47)55(39-30-25-34-13-4-5-16-37(34)31-39)38-28-26-36(27-29-38)40-22-12-23-46-43-19-10-11-24-50(43)56-53(40)46/h1-33H. The zero-order valence-corrected chi connectivity index (χ0v) is 30.8. The number of hydrogen-bond acceptors (Lipinski definition) is 3. The van der Waals surface area contributed by atoms with Crippen LogP contribution in [0.3, 0.4) is 0 Å². The van der Waals surface area contributed by atoms with Crippen molar-refractivity contribution >= 4 is 93.3 Å². The molecule has 0 unspecified atom stereocenters. The summed E-state index contributed by atoms with van der Waals surface area (Å²) in [5.74, 6) is 0. The van der Waals surface area contributed by atoms with E-state index in [2.05, 4.69) is 193 Å². The zero-order chi connectivity index (χ0) is 37.5. The molecule has 0 fully saturated rings. The molecule has 12 aromatic rings. The van der Waals surface area contributed by atoms with Crippen LogP contribution >= 0.6 is 0 Å². The summed E-state index contributed by atoms with van der Waals surface area (Å²) in [5, 5.41) is 11.6. The van der Waals surface area contributed by atoms with Gasteiger partial charge in [-0.3, -0.25) is 0 Å². The fourth-order valence-corrected chi connectivity index (χ4v) is 8.98. The minimum Gasteiger partial charge on any atom is -0.455 e. The van der Waals surface area contributed by atoms with Gasteiger partial charge in [-0.05, 0) is 80.5 Å². The Bertz CT molecular complexity index is 3520. The minimum atomic E-state index is 0.863. The van der Waals surface area contributed by atoms with E-state index >= 15 is 0 Å². The van der Waals surface area contributed by atoms with E-state index in [9.17, 15) is 0 Å². The Labute approximate surface area is 328 Å². The third-order valence-corrected chi connectivity index (χ3v) is 11.6. The maximum absolute atomic E-state index is 6.93. The van der Waals surface area contributed by atoms with Crippen molar-refractivity contribution in [2.45, 2.75) is 0 Å². The number of furan rings is 2. The summed E-state index contributed by atoms with van der Waals surface area (Å²) in [6.45, 7) is 0. The van der Waals surface area contributed by atoms with Crippen LogP contribution in [0.5, 0.6) is 0 Å². The van der Waals surface area contributed by atoms with Crippen molar-refractivity contribution < 1.29 is 8.83 Å². The Kier molecular flexibility index (Phi) is 6.93. The molecule has 3 heteroatoms. The van der Waals surface area contributed by atoms with Gasteiger partial charge in [0.25, 0.3) is 0 Å². The fourth-order valence-electron chi connectivity index (χ4n) is 8.98. The Morgan fingerprint density at radius 2 is 0.912 bits per heavy atom. The topological polar surface area (TPSA) is 29.5 Å². The van der Waals surface area contributed by atoms with E-state index in [0.29, 0.717) is 0 Å². The lowest BCUT2D eigenvalue weighted by atomic mass is 9.95. The summed E-state index contributed by atoms with van der Waals surface area (Å²) in [6, 6.07) is 71.5. The summed E-state index contributed by atoms with van der Waals surface area (Å²) in [6.07, 6.45) is 0. The molecule has 0 aliphatic carbocycles. The Hall–Kier alpha value is -7.62. The maximum Gasteiger partial charge on any atom is 0.143 e. The first-order valence-electron chi connectivity index (χ1n) is 19.4. The average Bonchev–Trinajstić information content (AvgIpc) is 3.86. The molecule has 0 bridgehead atoms. The van der Waals surface area contributed by atoms with Gasteiger partial charge >= 0.3 is 0 Å². The fraction of sp³-hybridized carbons (Fsp3) is 0. The molecule has 0 N–H and O–H groups in total. The molecule has 0 saturated carbocycles. The van der Waals surface area contributed by atoms with E-state index < -0.39 is 0 Å². The van der Waals surface area contributed by atoms with E-state index in [1.54, 1.807) is 0 Å². The molecule has 0 aliphatic heterocycles. The van der Waals surface area contributed by atoms with Crippen LogP contribution in [-0.2, 0) is 0 Å². The third-order valence-electron chi connectivity index (χ3n) is 11.6. The van der Waals surface area contributed by atoms with Crippen molar-refractivity contribution in [3.63, 3.8) is 0 Å². The lowest BCUT2D eigenvalue weighted by molar-refractivity contribution is 0.670. The van der Waals surface area contributed by atoms with Gasteiger partial charge in [-0.2, -0.15) is 0 Å². The van der Waals surface area contributed by atoms with E-state index in [0.717, 1.165) is 88.6 Å². The van der Waals surface area contributed by atoms with Crippen molar-refractivity contribution in [3.8, 4) is 22.3 Å². The summed E-state index contributed by atoms with van der Waals surface area (Å²) >= 11 is 0. The molecule has 57 heavy (non-hydrogen) atoms. The number of nitrogens with zero attached hydrogens (tertiary/aromatic N) is 1. The number of hydrogen-bond donors (Lipinski definition) is 0. The van der Waals surface area contributed by atoms with Crippen molar-refractivity contribution in [2.75, 3.05) is 4.90 Å². The highest BCUT2D eigenvalue weighted by Gasteiger charge is 2.23. The predicted octanol–water partition coefficient (Wildman–Crippen LogP) is 15.7. The Balaban J connectivity index is 1.13. The normalized spacial score (nSPS) is 11.9. The van der Waals surface area contributed by atoms with Crippen molar-refractivity contribution in [2.24, 2.45) is 0 Å². The molecular formula is C54H33NO2. The van der Waals surface area contributed by atoms with Crippen LogP contribution in [0, 0.1) is 0 Å². The van der Waals surface area contributed by atoms with Gasteiger partial charge in [0.15, 0.2) is 0 Å². The maximum atomic E-state index is 6.93.